The summed E-state index contributed by atoms with van der Waals surface area (Å²) in [5, 5.41) is 10.7. The average Bonchev–Trinajstić information content (AvgIpc) is 2.39. The Kier molecular flexibility index (Phi) is 5.45. The Morgan fingerprint density at radius 2 is 2.16 bits per heavy atom. The lowest BCUT2D eigenvalue weighted by atomic mass is 10.2. The highest BCUT2D eigenvalue weighted by atomic mass is 35.5. The predicted octanol–water partition coefficient (Wildman–Crippen LogP) is 0.303. The third-order valence-electron chi connectivity index (χ3n) is 3.29. The molecule has 5 heteroatoms. The quantitative estimate of drug-likeness (QED) is 0.818. The second-order valence-corrected chi connectivity index (χ2v) is 5.38. The molecule has 1 fully saturated rings. The number of rotatable bonds is 5. The van der Waals surface area contributed by atoms with Gasteiger partial charge in [0.2, 0.25) is 0 Å². The lowest BCUT2D eigenvalue weighted by Gasteiger charge is -2.25. The van der Waals surface area contributed by atoms with Crippen molar-refractivity contribution in [3.8, 4) is 5.75 Å². The molecule has 0 aliphatic carbocycles. The van der Waals surface area contributed by atoms with Crippen LogP contribution in [0.5, 0.6) is 5.75 Å². The Hall–Kier alpha value is -0.810. The van der Waals surface area contributed by atoms with Gasteiger partial charge in [0.1, 0.15) is 38.1 Å². The zero-order chi connectivity index (χ0) is 13.7. The van der Waals surface area contributed by atoms with Gasteiger partial charge in [-0.25, -0.2) is 0 Å². The highest BCUT2D eigenvalue weighted by molar-refractivity contribution is 6.30. The van der Waals surface area contributed by atoms with Crippen LogP contribution < -0.4 is 9.64 Å². The first-order valence-corrected chi connectivity index (χ1v) is 7.01. The standard InChI is InChI=1S/C14H20ClNO3/c1-11-8-12(15)2-3-14(11)19-10-13(17)9-16-4-6-18-7-5-16/h2-3,8,13,17H,4-7,9-10H2,1H3/p+1. The minimum Gasteiger partial charge on any atom is -0.490 e. The zero-order valence-electron chi connectivity index (χ0n) is 11.2. The van der Waals surface area contributed by atoms with E-state index in [1.165, 1.54) is 4.90 Å². The summed E-state index contributed by atoms with van der Waals surface area (Å²) in [5.41, 5.74) is 0.985. The Morgan fingerprint density at radius 1 is 1.42 bits per heavy atom. The van der Waals surface area contributed by atoms with E-state index >= 15 is 0 Å². The second-order valence-electron chi connectivity index (χ2n) is 4.94. The molecule has 0 bridgehead atoms. The molecule has 0 radical (unpaired) electrons. The van der Waals surface area contributed by atoms with Crippen LogP contribution in [0.4, 0.5) is 0 Å². The van der Waals surface area contributed by atoms with Gasteiger partial charge in [-0.15, -0.1) is 0 Å². The van der Waals surface area contributed by atoms with Gasteiger partial charge in [0, 0.05) is 5.02 Å². The van der Waals surface area contributed by atoms with Crippen molar-refractivity contribution in [2.24, 2.45) is 0 Å². The average molecular weight is 287 g/mol. The van der Waals surface area contributed by atoms with Crippen molar-refractivity contribution in [3.05, 3.63) is 28.8 Å². The number of hydrogen-bond acceptors (Lipinski definition) is 3. The van der Waals surface area contributed by atoms with Crippen LogP contribution in [0.2, 0.25) is 5.02 Å². The van der Waals surface area contributed by atoms with Crippen molar-refractivity contribution in [2.45, 2.75) is 13.0 Å². The minimum absolute atomic E-state index is 0.312. The van der Waals surface area contributed by atoms with E-state index < -0.39 is 6.10 Å². The van der Waals surface area contributed by atoms with Gasteiger partial charge >= 0.3 is 0 Å². The maximum atomic E-state index is 10.00. The van der Waals surface area contributed by atoms with Crippen LogP contribution in [0.3, 0.4) is 0 Å². The maximum absolute atomic E-state index is 10.00. The van der Waals surface area contributed by atoms with E-state index in [-0.39, 0.29) is 0 Å². The van der Waals surface area contributed by atoms with Gasteiger partial charge in [0.05, 0.1) is 13.2 Å². The molecule has 0 spiro atoms. The van der Waals surface area contributed by atoms with Gasteiger partial charge in [-0.3, -0.25) is 0 Å². The molecule has 2 rings (SSSR count). The first-order chi connectivity index (χ1) is 9.15. The lowest BCUT2D eigenvalue weighted by Crippen LogP contribution is -3.15. The Bertz CT molecular complexity index is 408. The van der Waals surface area contributed by atoms with Gasteiger partial charge in [-0.05, 0) is 30.7 Å². The fourth-order valence-corrected chi connectivity index (χ4v) is 2.44. The monoisotopic (exact) mass is 286 g/mol. The number of quaternary nitrogens is 1. The first kappa shape index (κ1) is 14.6. The smallest absolute Gasteiger partial charge is 0.137 e. The third-order valence-corrected chi connectivity index (χ3v) is 3.53. The summed E-state index contributed by atoms with van der Waals surface area (Å²) in [6.07, 6.45) is -0.455. The van der Waals surface area contributed by atoms with Crippen molar-refractivity contribution in [2.75, 3.05) is 39.5 Å². The molecule has 1 aliphatic rings. The van der Waals surface area contributed by atoms with E-state index in [1.807, 2.05) is 19.1 Å². The number of ether oxygens (including phenoxy) is 2. The molecule has 0 amide bonds. The van der Waals surface area contributed by atoms with Crippen molar-refractivity contribution < 1.29 is 19.5 Å². The third kappa shape index (κ3) is 4.66. The summed E-state index contributed by atoms with van der Waals surface area (Å²) >= 11 is 5.89. The van der Waals surface area contributed by atoms with Crippen LogP contribution in [0.25, 0.3) is 0 Å². The second kappa shape index (κ2) is 7.10. The SMILES string of the molecule is Cc1cc(Cl)ccc1OCC(O)C[NH+]1CCOCC1. The molecular weight excluding hydrogens is 266 g/mol. The molecule has 1 aliphatic heterocycles. The number of nitrogens with one attached hydrogen (secondary N) is 1. The summed E-state index contributed by atoms with van der Waals surface area (Å²) in [7, 11) is 0. The Labute approximate surface area is 118 Å². The van der Waals surface area contributed by atoms with Crippen LogP contribution in [-0.4, -0.2) is 50.7 Å². The van der Waals surface area contributed by atoms with Gasteiger partial charge in [-0.1, -0.05) is 11.6 Å². The molecule has 19 heavy (non-hydrogen) atoms. The number of morpholine rings is 1. The van der Waals surface area contributed by atoms with E-state index in [0.717, 1.165) is 37.6 Å². The summed E-state index contributed by atoms with van der Waals surface area (Å²) in [6.45, 7) is 6.43. The van der Waals surface area contributed by atoms with Crippen molar-refractivity contribution in [1.29, 1.82) is 0 Å². The van der Waals surface area contributed by atoms with E-state index in [9.17, 15) is 5.11 Å². The van der Waals surface area contributed by atoms with Crippen LogP contribution in [0.15, 0.2) is 18.2 Å². The molecular formula is C14H21ClNO3+. The molecule has 1 atom stereocenters. The van der Waals surface area contributed by atoms with E-state index in [1.54, 1.807) is 6.07 Å². The Morgan fingerprint density at radius 3 is 2.84 bits per heavy atom. The molecule has 2 N–H and O–H groups in total. The maximum Gasteiger partial charge on any atom is 0.137 e. The normalized spacial score (nSPS) is 18.3. The Balaban J connectivity index is 1.77. The van der Waals surface area contributed by atoms with Crippen molar-refractivity contribution >= 4 is 11.6 Å². The summed E-state index contributed by atoms with van der Waals surface area (Å²) in [6, 6.07) is 5.49. The number of benzene rings is 1. The van der Waals surface area contributed by atoms with Gasteiger partial charge in [-0.2, -0.15) is 0 Å². The molecule has 0 saturated carbocycles. The van der Waals surface area contributed by atoms with Crippen LogP contribution in [-0.2, 0) is 4.74 Å². The molecule has 106 valence electrons. The number of aliphatic hydroxyl groups excluding tert-OH is 1. The minimum atomic E-state index is -0.455. The first-order valence-electron chi connectivity index (χ1n) is 6.63. The zero-order valence-corrected chi connectivity index (χ0v) is 11.9. The lowest BCUT2D eigenvalue weighted by molar-refractivity contribution is -0.911. The molecule has 1 unspecified atom stereocenters. The summed E-state index contributed by atoms with van der Waals surface area (Å²) < 4.78 is 10.9. The summed E-state index contributed by atoms with van der Waals surface area (Å²) in [4.78, 5) is 1.37. The molecule has 1 aromatic rings. The van der Waals surface area contributed by atoms with E-state index in [4.69, 9.17) is 21.1 Å². The molecule has 4 nitrogen and oxygen atoms in total. The summed E-state index contributed by atoms with van der Waals surface area (Å²) in [5.74, 6) is 0.778. The van der Waals surface area contributed by atoms with E-state index in [0.29, 0.717) is 18.2 Å². The van der Waals surface area contributed by atoms with Gasteiger partial charge < -0.3 is 19.5 Å². The van der Waals surface area contributed by atoms with Gasteiger partial charge in [0.15, 0.2) is 0 Å². The fourth-order valence-electron chi connectivity index (χ4n) is 2.22. The molecule has 1 aromatic carbocycles. The number of hydrogen-bond donors (Lipinski definition) is 2. The van der Waals surface area contributed by atoms with Crippen molar-refractivity contribution in [1.82, 2.24) is 0 Å². The predicted molar refractivity (Wildman–Crippen MR) is 74.1 cm³/mol. The highest BCUT2D eigenvalue weighted by Gasteiger charge is 2.18. The van der Waals surface area contributed by atoms with Gasteiger partial charge in [0.25, 0.3) is 0 Å². The van der Waals surface area contributed by atoms with Crippen LogP contribution >= 0.6 is 11.6 Å². The molecule has 1 saturated heterocycles. The fraction of sp³-hybridized carbons (Fsp3) is 0.571. The number of aliphatic hydroxyl groups is 1. The molecule has 0 aromatic heterocycles. The van der Waals surface area contributed by atoms with Crippen molar-refractivity contribution in [3.63, 3.8) is 0 Å². The number of aryl methyl sites for hydroxylation is 1. The van der Waals surface area contributed by atoms with E-state index in [2.05, 4.69) is 0 Å². The number of halogens is 1. The molecule has 1 heterocycles. The largest absolute Gasteiger partial charge is 0.490 e. The van der Waals surface area contributed by atoms with Crippen LogP contribution in [0.1, 0.15) is 5.56 Å². The highest BCUT2D eigenvalue weighted by Crippen LogP contribution is 2.21. The topological polar surface area (TPSA) is 43.1 Å². The van der Waals surface area contributed by atoms with Crippen LogP contribution in [0, 0.1) is 6.92 Å².